The monoisotopic (exact) mass is 718 g/mol. The van der Waals surface area contributed by atoms with E-state index in [0.717, 1.165) is 13.1 Å². The number of likely N-dealkylation sites (N-methyl/N-ethyl adjacent to an activating group) is 2. The number of amides is 2. The van der Waals surface area contributed by atoms with Gasteiger partial charge in [-0.2, -0.15) is 63.8 Å². The fraction of sp³-hybridized carbons (Fsp3) is 0.409. The molecule has 2 rings (SSSR count). The van der Waals surface area contributed by atoms with Crippen LogP contribution in [0.5, 0.6) is 0 Å². The Bertz CT molecular complexity index is 1140. The molecule has 0 saturated carbocycles. The van der Waals surface area contributed by atoms with Crippen LogP contribution in [-0.2, 0) is 42.9 Å². The molecule has 2 aromatic carbocycles. The number of benzene rings is 2. The maximum Gasteiger partial charge on any atom is 2.00 e. The number of hydrogen-bond acceptors (Lipinski definition) is 6. The summed E-state index contributed by atoms with van der Waals surface area (Å²) >= 11 is 0. The van der Waals surface area contributed by atoms with Gasteiger partial charge in [-0.3, -0.25) is 0 Å². The first kappa shape index (κ1) is 40.7. The summed E-state index contributed by atoms with van der Waals surface area (Å²) in [6.45, 7) is 2.29. The van der Waals surface area contributed by atoms with Gasteiger partial charge in [0.05, 0.1) is 11.1 Å². The summed E-state index contributed by atoms with van der Waals surface area (Å²) in [6, 6.07) is 8.56. The van der Waals surface area contributed by atoms with Crippen LogP contribution in [0.25, 0.3) is 0 Å². The second-order valence-corrected chi connectivity index (χ2v) is 9.53. The van der Waals surface area contributed by atoms with E-state index < -0.39 is 50.8 Å². The number of anilines is 2. The molecule has 0 fully saturated rings. The predicted octanol–water partition coefficient (Wildman–Crippen LogP) is 5.33. The van der Waals surface area contributed by atoms with E-state index in [2.05, 4.69) is 49.4 Å². The van der Waals surface area contributed by atoms with Gasteiger partial charge in [-0.25, -0.2) is 13.2 Å². The minimum atomic E-state index is -6.09. The second kappa shape index (κ2) is 16.9. The van der Waals surface area contributed by atoms with E-state index in [-0.39, 0.29) is 32.2 Å². The molecule has 0 atom stereocenters. The largest absolute Gasteiger partial charge is 2.00 e. The van der Waals surface area contributed by atoms with Crippen molar-refractivity contribution in [3.05, 3.63) is 59.7 Å². The van der Waals surface area contributed by atoms with Crippen molar-refractivity contribution in [2.24, 2.45) is 0 Å². The molecule has 2 aromatic rings. The molecule has 0 unspecified atom stereocenters. The fourth-order valence-corrected chi connectivity index (χ4v) is 2.18. The molecule has 236 valence electrons. The van der Waals surface area contributed by atoms with E-state index in [1.807, 2.05) is 5.32 Å². The first-order valence-corrected chi connectivity index (χ1v) is 12.0. The van der Waals surface area contributed by atoms with Gasteiger partial charge < -0.3 is 25.0 Å². The van der Waals surface area contributed by atoms with Gasteiger partial charge in [0.2, 0.25) is 0 Å². The van der Waals surface area contributed by atoms with Crippen LogP contribution in [-0.4, -0.2) is 75.6 Å². The molecule has 0 radical (unpaired) electrons. The molecule has 0 aliphatic heterocycles. The second-order valence-electron chi connectivity index (χ2n) is 8.16. The third kappa shape index (κ3) is 17.9. The van der Waals surface area contributed by atoms with Gasteiger partial charge in [0.1, 0.15) is 0 Å². The summed E-state index contributed by atoms with van der Waals surface area (Å²) in [5, 5.41) is 4.18. The third-order valence-corrected chi connectivity index (χ3v) is 4.65. The maximum atomic E-state index is 12.7. The van der Waals surface area contributed by atoms with Crippen molar-refractivity contribution in [1.82, 2.24) is 9.80 Å². The smallest absolute Gasteiger partial charge is 0.741 e. The number of carbonyl (C=O) groups excluding carboxylic acids is 1. The molecule has 0 saturated heterocycles. The van der Waals surface area contributed by atoms with E-state index >= 15 is 0 Å². The molecule has 0 bridgehead atoms. The molecular formula is C22H25F9N4O4PdS. The molecule has 2 N–H and O–H groups in total. The van der Waals surface area contributed by atoms with E-state index in [1.165, 1.54) is 12.1 Å². The molecule has 0 heterocycles. The molecule has 0 aromatic heterocycles. The zero-order valence-electron chi connectivity index (χ0n) is 21.6. The van der Waals surface area contributed by atoms with Gasteiger partial charge >= 0.3 is 44.3 Å². The zero-order chi connectivity index (χ0) is 31.5. The molecular weight excluding hydrogens is 694 g/mol. The summed E-state index contributed by atoms with van der Waals surface area (Å²) in [4.78, 5) is 16.1. The van der Waals surface area contributed by atoms with Crippen LogP contribution in [0.2, 0.25) is 0 Å². The van der Waals surface area contributed by atoms with Crippen molar-refractivity contribution in [2.75, 3.05) is 51.9 Å². The van der Waals surface area contributed by atoms with Gasteiger partial charge in [0.15, 0.2) is 10.1 Å². The standard InChI is InChI=1S/C15H9F6N2O.C6H16N2.CHF3O3S.Pd/c16-14(17,18)9-6-10(15(19,20)21)8-12(7-9)23-13(24)22-11-4-2-1-3-5-11;1-7(2)5-6-8(3)4;2-1(3,4)8(5,6)7;/h1-4,6-8H,(H2,22,23,24);5-6H2,1-4H3;(H,5,6,7);/q-1;;;+2/p-1. The van der Waals surface area contributed by atoms with Crippen LogP contribution in [0.1, 0.15) is 11.1 Å². The van der Waals surface area contributed by atoms with Crippen molar-refractivity contribution in [2.45, 2.75) is 17.9 Å². The first-order chi connectivity index (χ1) is 17.9. The minimum absolute atomic E-state index is 0. The van der Waals surface area contributed by atoms with E-state index in [9.17, 15) is 44.3 Å². The number of carbonyl (C=O) groups is 1. The van der Waals surface area contributed by atoms with Crippen molar-refractivity contribution in [1.29, 1.82) is 0 Å². The number of alkyl halides is 9. The molecule has 19 heteroatoms. The van der Waals surface area contributed by atoms with Gasteiger partial charge in [-0.1, -0.05) is 5.69 Å². The van der Waals surface area contributed by atoms with Crippen molar-refractivity contribution in [3.63, 3.8) is 0 Å². The van der Waals surface area contributed by atoms with E-state index in [4.69, 9.17) is 13.0 Å². The van der Waals surface area contributed by atoms with Gasteiger partial charge in [0, 0.05) is 18.8 Å². The molecule has 8 nitrogen and oxygen atoms in total. The SMILES string of the molecule is CN(C)CCN(C)C.O=C(Nc1[c-]cccc1)Nc1cc(C(F)(F)F)cc(C(F)(F)F)c1.O=S(=O)([O-])C(F)(F)F.[Pd+2]. The Morgan fingerprint density at radius 3 is 1.54 bits per heavy atom. The number of rotatable bonds is 5. The Hall–Kier alpha value is -2.43. The minimum Gasteiger partial charge on any atom is -0.741 e. The Morgan fingerprint density at radius 1 is 0.829 bits per heavy atom. The average Bonchev–Trinajstić information content (AvgIpc) is 2.76. The molecule has 0 aliphatic carbocycles. The molecule has 2 amide bonds. The van der Waals surface area contributed by atoms with Crippen molar-refractivity contribution in [3.8, 4) is 0 Å². The fourth-order valence-electron chi connectivity index (χ4n) is 2.18. The normalized spacial score (nSPS) is 11.9. The summed E-state index contributed by atoms with van der Waals surface area (Å²) < 4.78 is 135. The Balaban J connectivity index is 0. The summed E-state index contributed by atoms with van der Waals surface area (Å²) in [5.74, 6) is 0. The number of nitrogens with one attached hydrogen (secondary N) is 2. The van der Waals surface area contributed by atoms with Crippen molar-refractivity contribution < 1.29 is 77.7 Å². The average molecular weight is 719 g/mol. The first-order valence-electron chi connectivity index (χ1n) is 10.6. The Labute approximate surface area is 244 Å². The number of para-hydroxylation sites is 1. The third-order valence-electron chi connectivity index (χ3n) is 4.08. The van der Waals surface area contributed by atoms with Crippen LogP contribution in [0, 0.1) is 6.07 Å². The Kier molecular flexibility index (Phi) is 16.8. The topological polar surface area (TPSA) is 105 Å². The van der Waals surface area contributed by atoms with Crippen molar-refractivity contribution >= 4 is 27.5 Å². The quantitative estimate of drug-likeness (QED) is 0.143. The number of hydrogen-bond donors (Lipinski definition) is 2. The number of nitrogens with zero attached hydrogens (tertiary/aromatic N) is 2. The predicted molar refractivity (Wildman–Crippen MR) is 127 cm³/mol. The van der Waals surface area contributed by atoms with Gasteiger partial charge in [-0.15, -0.1) is 6.07 Å². The van der Waals surface area contributed by atoms with Crippen LogP contribution < -0.4 is 10.6 Å². The molecule has 0 aliphatic rings. The zero-order valence-corrected chi connectivity index (χ0v) is 24.0. The van der Waals surface area contributed by atoms with Crippen LogP contribution >= 0.6 is 0 Å². The van der Waals surface area contributed by atoms with Gasteiger partial charge in [0.25, 0.3) is 0 Å². The number of halogens is 9. The van der Waals surface area contributed by atoms with Gasteiger partial charge in [-0.05, 0) is 46.4 Å². The van der Waals surface area contributed by atoms with E-state index in [0.29, 0.717) is 12.1 Å². The van der Waals surface area contributed by atoms with E-state index in [1.54, 1.807) is 12.1 Å². The molecule has 41 heavy (non-hydrogen) atoms. The maximum absolute atomic E-state index is 12.7. The van der Waals surface area contributed by atoms with Crippen LogP contribution in [0.15, 0.2) is 42.5 Å². The summed E-state index contributed by atoms with van der Waals surface area (Å²) in [5.41, 5.74) is -9.10. The summed E-state index contributed by atoms with van der Waals surface area (Å²) in [7, 11) is 2.26. The van der Waals surface area contributed by atoms with Crippen LogP contribution in [0.3, 0.4) is 0 Å². The number of urea groups is 1. The Morgan fingerprint density at radius 2 is 1.24 bits per heavy atom. The van der Waals surface area contributed by atoms with Crippen LogP contribution in [0.4, 0.5) is 55.7 Å². The molecule has 0 spiro atoms. The summed E-state index contributed by atoms with van der Waals surface area (Å²) in [6.07, 6.45) is -9.97.